The van der Waals surface area contributed by atoms with Crippen molar-refractivity contribution in [3.63, 3.8) is 0 Å². The van der Waals surface area contributed by atoms with E-state index >= 15 is 0 Å². The largest absolute Gasteiger partial charge is 0.480 e. The number of carbonyl (C=O) groups excluding carboxylic acids is 1. The van der Waals surface area contributed by atoms with Gasteiger partial charge in [-0.2, -0.15) is 0 Å². The topological polar surface area (TPSA) is 57.6 Å². The molecule has 2 aromatic rings. The lowest BCUT2D eigenvalue weighted by Gasteiger charge is -2.20. The van der Waals surface area contributed by atoms with E-state index in [1.54, 1.807) is 12.1 Å². The summed E-state index contributed by atoms with van der Waals surface area (Å²) < 4.78 is 0. The van der Waals surface area contributed by atoms with Gasteiger partial charge >= 0.3 is 5.97 Å². The third-order valence-electron chi connectivity index (χ3n) is 2.94. The minimum atomic E-state index is -1.03. The molecule has 4 nitrogen and oxygen atoms in total. The Balaban J connectivity index is 2.37. The molecule has 2 rings (SSSR count). The second-order valence-corrected chi connectivity index (χ2v) is 5.47. The summed E-state index contributed by atoms with van der Waals surface area (Å²) >= 11 is 1.33. The number of thiophene rings is 1. The van der Waals surface area contributed by atoms with Crippen LogP contribution in [0, 0.1) is 13.8 Å². The lowest BCUT2D eigenvalue weighted by atomic mass is 10.2. The zero-order chi connectivity index (χ0) is 14.7. The first-order chi connectivity index (χ1) is 9.49. The van der Waals surface area contributed by atoms with Crippen LogP contribution in [0.25, 0.3) is 0 Å². The van der Waals surface area contributed by atoms with Crippen LogP contribution in [0.2, 0.25) is 0 Å². The van der Waals surface area contributed by atoms with E-state index in [2.05, 4.69) is 0 Å². The molecule has 0 saturated heterocycles. The van der Waals surface area contributed by atoms with E-state index in [1.165, 1.54) is 16.2 Å². The molecule has 1 heterocycles. The molecular weight excluding hydrogens is 274 g/mol. The maximum Gasteiger partial charge on any atom is 0.323 e. The number of rotatable bonds is 4. The first-order valence-electron chi connectivity index (χ1n) is 6.13. The van der Waals surface area contributed by atoms with Gasteiger partial charge in [-0.25, -0.2) is 0 Å². The number of benzene rings is 1. The van der Waals surface area contributed by atoms with E-state index in [9.17, 15) is 9.59 Å². The summed E-state index contributed by atoms with van der Waals surface area (Å²) in [6.07, 6.45) is 0. The molecule has 0 saturated carbocycles. The summed E-state index contributed by atoms with van der Waals surface area (Å²) in [6.45, 7) is 3.44. The fourth-order valence-electron chi connectivity index (χ4n) is 1.85. The van der Waals surface area contributed by atoms with Crippen LogP contribution in [0.1, 0.15) is 20.8 Å². The molecule has 0 unspecified atom stereocenters. The van der Waals surface area contributed by atoms with Crippen molar-refractivity contribution in [3.8, 4) is 0 Å². The third-order valence-corrected chi connectivity index (χ3v) is 3.94. The lowest BCUT2D eigenvalue weighted by molar-refractivity contribution is -0.135. The van der Waals surface area contributed by atoms with Gasteiger partial charge in [0.15, 0.2) is 0 Å². The van der Waals surface area contributed by atoms with Crippen molar-refractivity contribution in [2.75, 3.05) is 11.4 Å². The molecule has 0 radical (unpaired) electrons. The Morgan fingerprint density at radius 3 is 2.30 bits per heavy atom. The maximum absolute atomic E-state index is 12.5. The molecular formula is C15H15NO3S. The van der Waals surface area contributed by atoms with E-state index in [1.807, 2.05) is 37.4 Å². The van der Waals surface area contributed by atoms with Crippen LogP contribution < -0.4 is 4.90 Å². The van der Waals surface area contributed by atoms with Crippen molar-refractivity contribution in [2.45, 2.75) is 13.8 Å². The first kappa shape index (κ1) is 14.3. The summed E-state index contributed by atoms with van der Waals surface area (Å²) in [7, 11) is 0. The summed E-state index contributed by atoms with van der Waals surface area (Å²) in [5.41, 5.74) is 2.52. The van der Waals surface area contributed by atoms with Gasteiger partial charge in [0.1, 0.15) is 6.54 Å². The number of nitrogens with zero attached hydrogens (tertiary/aromatic N) is 1. The van der Waals surface area contributed by atoms with Gasteiger partial charge in [-0.05, 0) is 43.0 Å². The highest BCUT2D eigenvalue weighted by Crippen LogP contribution is 2.22. The fraction of sp³-hybridized carbons (Fsp3) is 0.200. The van der Waals surface area contributed by atoms with Crippen LogP contribution in [-0.2, 0) is 4.79 Å². The van der Waals surface area contributed by atoms with Gasteiger partial charge in [0.05, 0.1) is 4.88 Å². The highest BCUT2D eigenvalue weighted by molar-refractivity contribution is 7.12. The van der Waals surface area contributed by atoms with Crippen molar-refractivity contribution in [1.82, 2.24) is 0 Å². The Kier molecular flexibility index (Phi) is 4.20. The second-order valence-electron chi connectivity index (χ2n) is 4.55. The highest BCUT2D eigenvalue weighted by Gasteiger charge is 2.22. The van der Waals surface area contributed by atoms with Crippen molar-refractivity contribution in [2.24, 2.45) is 0 Å². The number of carboxylic acids is 1. The standard InChI is InChI=1S/C15H15NO3S/c1-10-3-5-12(6-4-10)16(9-13(17)18)15(19)14-11(2)7-8-20-14/h3-8H,9H2,1-2H3,(H,17,18). The van der Waals surface area contributed by atoms with Gasteiger partial charge in [-0.1, -0.05) is 17.7 Å². The molecule has 20 heavy (non-hydrogen) atoms. The Morgan fingerprint density at radius 1 is 1.15 bits per heavy atom. The molecule has 0 aliphatic rings. The Bertz CT molecular complexity index is 631. The van der Waals surface area contributed by atoms with Crippen LogP contribution in [-0.4, -0.2) is 23.5 Å². The zero-order valence-electron chi connectivity index (χ0n) is 11.3. The smallest absolute Gasteiger partial charge is 0.323 e. The van der Waals surface area contributed by atoms with Crippen LogP contribution in [0.5, 0.6) is 0 Å². The van der Waals surface area contributed by atoms with Crippen molar-refractivity contribution >= 4 is 28.9 Å². The number of aliphatic carboxylic acids is 1. The van der Waals surface area contributed by atoms with Crippen LogP contribution in [0.4, 0.5) is 5.69 Å². The molecule has 1 aromatic heterocycles. The monoisotopic (exact) mass is 289 g/mol. The molecule has 0 bridgehead atoms. The van der Waals surface area contributed by atoms with E-state index in [0.29, 0.717) is 10.6 Å². The summed E-state index contributed by atoms with van der Waals surface area (Å²) in [5, 5.41) is 10.9. The molecule has 104 valence electrons. The molecule has 0 spiro atoms. The zero-order valence-corrected chi connectivity index (χ0v) is 12.1. The van der Waals surface area contributed by atoms with Crippen LogP contribution >= 0.6 is 11.3 Å². The minimum absolute atomic E-state index is 0.274. The molecule has 5 heteroatoms. The maximum atomic E-state index is 12.5. The predicted molar refractivity (Wildman–Crippen MR) is 79.5 cm³/mol. The third kappa shape index (κ3) is 3.05. The lowest BCUT2D eigenvalue weighted by Crippen LogP contribution is -2.35. The van der Waals surface area contributed by atoms with Gasteiger partial charge < -0.3 is 5.11 Å². The van der Waals surface area contributed by atoms with Crippen molar-refractivity contribution in [3.05, 3.63) is 51.7 Å². The van der Waals surface area contributed by atoms with E-state index in [4.69, 9.17) is 5.11 Å². The molecule has 0 aliphatic carbocycles. The highest BCUT2D eigenvalue weighted by atomic mass is 32.1. The number of carboxylic acid groups (broad SMARTS) is 1. The first-order valence-corrected chi connectivity index (χ1v) is 7.01. The quantitative estimate of drug-likeness (QED) is 0.941. The molecule has 1 aromatic carbocycles. The number of carbonyl (C=O) groups is 2. The summed E-state index contributed by atoms with van der Waals surface area (Å²) in [4.78, 5) is 25.4. The summed E-state index contributed by atoms with van der Waals surface area (Å²) in [6, 6.07) is 9.10. The van der Waals surface area contributed by atoms with Crippen LogP contribution in [0.15, 0.2) is 35.7 Å². The molecule has 1 N–H and O–H groups in total. The molecule has 0 atom stereocenters. The minimum Gasteiger partial charge on any atom is -0.480 e. The van der Waals surface area contributed by atoms with Gasteiger partial charge in [0.2, 0.25) is 0 Å². The average molecular weight is 289 g/mol. The predicted octanol–water partition coefficient (Wildman–Crippen LogP) is 3.10. The average Bonchev–Trinajstić information content (AvgIpc) is 2.82. The normalized spacial score (nSPS) is 10.3. The van der Waals surface area contributed by atoms with Crippen LogP contribution in [0.3, 0.4) is 0 Å². The van der Waals surface area contributed by atoms with Gasteiger partial charge in [0.25, 0.3) is 5.91 Å². The van der Waals surface area contributed by atoms with Crippen molar-refractivity contribution in [1.29, 1.82) is 0 Å². The SMILES string of the molecule is Cc1ccc(N(CC(=O)O)C(=O)c2sccc2C)cc1. The second kappa shape index (κ2) is 5.88. The number of hydrogen-bond donors (Lipinski definition) is 1. The Labute approximate surface area is 121 Å². The Hall–Kier alpha value is -2.14. The van der Waals surface area contributed by atoms with E-state index in [-0.39, 0.29) is 12.5 Å². The number of anilines is 1. The summed E-state index contributed by atoms with van der Waals surface area (Å²) in [5.74, 6) is -1.31. The fourth-order valence-corrected chi connectivity index (χ4v) is 2.73. The van der Waals surface area contributed by atoms with Gasteiger partial charge in [-0.3, -0.25) is 14.5 Å². The molecule has 1 amide bonds. The number of amides is 1. The van der Waals surface area contributed by atoms with E-state index in [0.717, 1.165) is 11.1 Å². The number of aryl methyl sites for hydroxylation is 2. The van der Waals surface area contributed by atoms with Gasteiger partial charge in [0, 0.05) is 5.69 Å². The molecule has 0 aliphatic heterocycles. The number of hydrogen-bond acceptors (Lipinski definition) is 3. The van der Waals surface area contributed by atoms with E-state index < -0.39 is 5.97 Å². The van der Waals surface area contributed by atoms with Gasteiger partial charge in [-0.15, -0.1) is 11.3 Å². The van der Waals surface area contributed by atoms with Crippen molar-refractivity contribution < 1.29 is 14.7 Å². The molecule has 0 fully saturated rings. The Morgan fingerprint density at radius 2 is 1.80 bits per heavy atom.